The van der Waals surface area contributed by atoms with Crippen LogP contribution in [0, 0.1) is 5.92 Å². The highest BCUT2D eigenvalue weighted by molar-refractivity contribution is 5.85. The molecule has 0 aromatic rings. The van der Waals surface area contributed by atoms with Crippen LogP contribution in [0.3, 0.4) is 0 Å². The van der Waals surface area contributed by atoms with Crippen LogP contribution in [0.25, 0.3) is 0 Å². The summed E-state index contributed by atoms with van der Waals surface area (Å²) in [5.74, 6) is -1.08. The van der Waals surface area contributed by atoms with Gasteiger partial charge in [0.05, 0.1) is 12.0 Å². The molecule has 1 unspecified atom stereocenters. The van der Waals surface area contributed by atoms with Gasteiger partial charge < -0.3 is 15.3 Å². The fourth-order valence-electron chi connectivity index (χ4n) is 1.93. The van der Waals surface area contributed by atoms with Gasteiger partial charge in [-0.15, -0.1) is 0 Å². The summed E-state index contributed by atoms with van der Waals surface area (Å²) in [6.45, 7) is 1.66. The Hall–Kier alpha value is -1.10. The van der Waals surface area contributed by atoms with E-state index in [1.165, 1.54) is 0 Å². The van der Waals surface area contributed by atoms with Crippen LogP contribution in [-0.2, 0) is 9.59 Å². The summed E-state index contributed by atoms with van der Waals surface area (Å²) in [6, 6.07) is -0.0651. The summed E-state index contributed by atoms with van der Waals surface area (Å²) in [4.78, 5) is 23.8. The minimum absolute atomic E-state index is 0.0651. The number of nitrogens with one attached hydrogen (secondary N) is 1. The molecule has 0 spiro atoms. The highest BCUT2D eigenvalue weighted by Gasteiger charge is 2.38. The lowest BCUT2D eigenvalue weighted by Crippen LogP contribution is -2.57. The van der Waals surface area contributed by atoms with Crippen molar-refractivity contribution in [1.82, 2.24) is 10.2 Å². The molecule has 5 nitrogen and oxygen atoms in total. The number of hydrogen-bond donors (Lipinski definition) is 2. The van der Waals surface area contributed by atoms with Crippen molar-refractivity contribution >= 4 is 11.9 Å². The number of nitrogens with zero attached hydrogens (tertiary/aromatic N) is 1. The molecular weight excluding hydrogens is 184 g/mol. The minimum Gasteiger partial charge on any atom is -0.481 e. The Labute approximate surface area is 82.1 Å². The van der Waals surface area contributed by atoms with Crippen LogP contribution in [-0.4, -0.2) is 47.6 Å². The fraction of sp³-hybridized carbons (Fsp3) is 0.778. The molecule has 78 valence electrons. The van der Waals surface area contributed by atoms with E-state index in [-0.39, 0.29) is 17.9 Å². The summed E-state index contributed by atoms with van der Waals surface area (Å²) in [5, 5.41) is 11.8. The molecule has 2 fully saturated rings. The van der Waals surface area contributed by atoms with E-state index in [4.69, 9.17) is 5.11 Å². The minimum atomic E-state index is -0.798. The van der Waals surface area contributed by atoms with Crippen LogP contribution >= 0.6 is 0 Å². The number of carboxylic acids is 1. The van der Waals surface area contributed by atoms with E-state index in [2.05, 4.69) is 5.32 Å². The van der Waals surface area contributed by atoms with E-state index in [1.807, 2.05) is 0 Å². The van der Waals surface area contributed by atoms with Crippen LogP contribution in [0.1, 0.15) is 12.8 Å². The van der Waals surface area contributed by atoms with Crippen LogP contribution in [0.5, 0.6) is 0 Å². The van der Waals surface area contributed by atoms with Crippen molar-refractivity contribution in [2.24, 2.45) is 5.92 Å². The van der Waals surface area contributed by atoms with Gasteiger partial charge in [-0.3, -0.25) is 9.59 Å². The smallest absolute Gasteiger partial charge is 0.310 e. The third-order valence-corrected chi connectivity index (χ3v) is 2.90. The summed E-state index contributed by atoms with van der Waals surface area (Å²) < 4.78 is 0. The van der Waals surface area contributed by atoms with Gasteiger partial charge in [-0.1, -0.05) is 0 Å². The number of rotatable bonds is 2. The molecule has 14 heavy (non-hydrogen) atoms. The first-order valence-electron chi connectivity index (χ1n) is 4.93. The molecule has 0 aromatic heterocycles. The number of amides is 1. The Morgan fingerprint density at radius 1 is 1.36 bits per heavy atom. The third kappa shape index (κ3) is 1.59. The van der Waals surface area contributed by atoms with Gasteiger partial charge in [0, 0.05) is 13.1 Å². The third-order valence-electron chi connectivity index (χ3n) is 2.90. The molecular formula is C9H14N2O3. The van der Waals surface area contributed by atoms with Crippen molar-refractivity contribution in [3.8, 4) is 0 Å². The van der Waals surface area contributed by atoms with Gasteiger partial charge in [0.1, 0.15) is 0 Å². The molecule has 0 radical (unpaired) electrons. The quantitative estimate of drug-likeness (QED) is 0.614. The van der Waals surface area contributed by atoms with Crippen LogP contribution < -0.4 is 5.32 Å². The second-order valence-corrected chi connectivity index (χ2v) is 3.93. The predicted octanol–water partition coefficient (Wildman–Crippen LogP) is -0.719. The maximum Gasteiger partial charge on any atom is 0.310 e. The van der Waals surface area contributed by atoms with Gasteiger partial charge in [-0.25, -0.2) is 0 Å². The normalized spacial score (nSPS) is 27.4. The molecule has 5 heteroatoms. The van der Waals surface area contributed by atoms with Crippen molar-refractivity contribution in [1.29, 1.82) is 0 Å². The molecule has 1 atom stereocenters. The maximum atomic E-state index is 11.7. The van der Waals surface area contributed by atoms with Crippen molar-refractivity contribution in [2.45, 2.75) is 18.9 Å². The van der Waals surface area contributed by atoms with E-state index < -0.39 is 5.97 Å². The largest absolute Gasteiger partial charge is 0.481 e. The highest BCUT2D eigenvalue weighted by Crippen LogP contribution is 2.19. The zero-order valence-corrected chi connectivity index (χ0v) is 7.90. The molecule has 2 saturated heterocycles. The Kier molecular flexibility index (Phi) is 2.41. The Morgan fingerprint density at radius 2 is 2.07 bits per heavy atom. The number of carbonyl (C=O) groups excluding carboxylic acids is 1. The lowest BCUT2D eigenvalue weighted by atomic mass is 9.99. The molecule has 0 aromatic carbocycles. The van der Waals surface area contributed by atoms with Gasteiger partial charge in [0.25, 0.3) is 0 Å². The summed E-state index contributed by atoms with van der Waals surface area (Å²) >= 11 is 0. The molecule has 0 saturated carbocycles. The van der Waals surface area contributed by atoms with Gasteiger partial charge in [-0.05, 0) is 19.4 Å². The van der Waals surface area contributed by atoms with E-state index in [0.29, 0.717) is 13.1 Å². The first-order valence-corrected chi connectivity index (χ1v) is 4.93. The van der Waals surface area contributed by atoms with E-state index >= 15 is 0 Å². The Bertz CT molecular complexity index is 255. The monoisotopic (exact) mass is 198 g/mol. The van der Waals surface area contributed by atoms with Crippen LogP contribution in [0.15, 0.2) is 0 Å². The summed E-state index contributed by atoms with van der Waals surface area (Å²) in [6.07, 6.45) is 1.92. The predicted molar refractivity (Wildman–Crippen MR) is 48.7 cm³/mol. The fourth-order valence-corrected chi connectivity index (χ4v) is 1.93. The molecule has 0 bridgehead atoms. The number of carbonyl (C=O) groups is 2. The zero-order chi connectivity index (χ0) is 10.1. The SMILES string of the molecule is O=C(O)C1CN(C(=O)C2CCCN2)C1. The lowest BCUT2D eigenvalue weighted by molar-refractivity contribution is -0.153. The highest BCUT2D eigenvalue weighted by atomic mass is 16.4. The Morgan fingerprint density at radius 3 is 2.57 bits per heavy atom. The molecule has 2 aliphatic rings. The van der Waals surface area contributed by atoms with E-state index in [1.54, 1.807) is 4.90 Å². The second-order valence-electron chi connectivity index (χ2n) is 3.93. The van der Waals surface area contributed by atoms with Crippen molar-refractivity contribution in [3.63, 3.8) is 0 Å². The first kappa shape index (κ1) is 9.45. The van der Waals surface area contributed by atoms with Crippen molar-refractivity contribution < 1.29 is 14.7 Å². The zero-order valence-electron chi connectivity index (χ0n) is 7.90. The number of likely N-dealkylation sites (tertiary alicyclic amines) is 1. The standard InChI is InChI=1S/C9H14N2O3/c12-8(7-2-1-3-10-7)11-4-6(5-11)9(13)14/h6-7,10H,1-5H2,(H,13,14). The maximum absolute atomic E-state index is 11.7. The molecule has 1 amide bonds. The number of aliphatic carboxylic acids is 1. The first-order chi connectivity index (χ1) is 6.68. The van der Waals surface area contributed by atoms with Gasteiger partial charge >= 0.3 is 5.97 Å². The lowest BCUT2D eigenvalue weighted by Gasteiger charge is -2.38. The summed E-state index contributed by atoms with van der Waals surface area (Å²) in [5.41, 5.74) is 0. The van der Waals surface area contributed by atoms with Crippen molar-refractivity contribution in [2.75, 3.05) is 19.6 Å². The van der Waals surface area contributed by atoms with Crippen molar-refractivity contribution in [3.05, 3.63) is 0 Å². The second kappa shape index (κ2) is 3.57. The van der Waals surface area contributed by atoms with Gasteiger partial charge in [0.15, 0.2) is 0 Å². The molecule has 0 aliphatic carbocycles. The average molecular weight is 198 g/mol. The van der Waals surface area contributed by atoms with Crippen LogP contribution in [0.2, 0.25) is 0 Å². The number of hydrogen-bond acceptors (Lipinski definition) is 3. The van der Waals surface area contributed by atoms with E-state index in [9.17, 15) is 9.59 Å². The van der Waals surface area contributed by atoms with E-state index in [0.717, 1.165) is 19.4 Å². The van der Waals surface area contributed by atoms with Gasteiger partial charge in [-0.2, -0.15) is 0 Å². The van der Waals surface area contributed by atoms with Crippen LogP contribution in [0.4, 0.5) is 0 Å². The molecule has 2 heterocycles. The molecule has 2 aliphatic heterocycles. The number of carboxylic acid groups (broad SMARTS) is 1. The summed E-state index contributed by atoms with van der Waals surface area (Å²) in [7, 11) is 0. The molecule has 2 rings (SSSR count). The topological polar surface area (TPSA) is 69.6 Å². The van der Waals surface area contributed by atoms with Gasteiger partial charge in [0.2, 0.25) is 5.91 Å². The average Bonchev–Trinajstić information content (AvgIpc) is 2.51. The molecule has 2 N–H and O–H groups in total. The Balaban J connectivity index is 1.81.